The molecule has 2 aromatic heterocycles. The molecule has 0 unspecified atom stereocenters. The van der Waals surface area contributed by atoms with Crippen molar-refractivity contribution in [3.8, 4) is 11.3 Å². The number of carbonyl (C=O) groups is 1. The van der Waals surface area contributed by atoms with E-state index < -0.39 is 5.60 Å². The van der Waals surface area contributed by atoms with Gasteiger partial charge in [-0.25, -0.2) is 18.7 Å². The van der Waals surface area contributed by atoms with Gasteiger partial charge >= 0.3 is 6.09 Å². The average Bonchev–Trinajstić information content (AvgIpc) is 3.09. The number of fused-ring (bicyclic) bond motifs is 1. The second kappa shape index (κ2) is 7.75. The lowest BCUT2D eigenvalue weighted by molar-refractivity contribution is 0.0240. The lowest BCUT2D eigenvalue weighted by atomic mass is 10.1. The molecule has 3 aromatic rings. The van der Waals surface area contributed by atoms with Crippen LogP contribution in [0.25, 0.3) is 16.9 Å². The minimum atomic E-state index is -0.531. The normalized spacial score (nSPS) is 15.0. The summed E-state index contributed by atoms with van der Waals surface area (Å²) in [7, 11) is 0. The number of anilines is 1. The summed E-state index contributed by atoms with van der Waals surface area (Å²) in [4.78, 5) is 20.3. The summed E-state index contributed by atoms with van der Waals surface area (Å²) >= 11 is 6.01. The van der Waals surface area contributed by atoms with Crippen LogP contribution < -0.4 is 4.90 Å². The van der Waals surface area contributed by atoms with E-state index in [4.69, 9.17) is 16.3 Å². The van der Waals surface area contributed by atoms with E-state index in [2.05, 4.69) is 15.0 Å². The average molecular weight is 432 g/mol. The Kier molecular flexibility index (Phi) is 5.27. The van der Waals surface area contributed by atoms with Crippen LogP contribution in [0.4, 0.5) is 14.9 Å². The molecule has 30 heavy (non-hydrogen) atoms. The fourth-order valence-electron chi connectivity index (χ4n) is 3.43. The van der Waals surface area contributed by atoms with Crippen molar-refractivity contribution in [1.29, 1.82) is 0 Å². The summed E-state index contributed by atoms with van der Waals surface area (Å²) in [5.41, 5.74) is 2.15. The van der Waals surface area contributed by atoms with Crippen LogP contribution in [0.3, 0.4) is 0 Å². The summed E-state index contributed by atoms with van der Waals surface area (Å²) < 4.78 is 21.5. The Bertz CT molecular complexity index is 1090. The van der Waals surface area contributed by atoms with Crippen LogP contribution in [0, 0.1) is 5.82 Å². The fourth-order valence-corrected chi connectivity index (χ4v) is 3.56. The second-order valence-corrected chi connectivity index (χ2v) is 8.61. The van der Waals surface area contributed by atoms with E-state index in [1.165, 1.54) is 12.1 Å². The molecule has 0 radical (unpaired) electrons. The van der Waals surface area contributed by atoms with Crippen molar-refractivity contribution in [3.05, 3.63) is 47.5 Å². The predicted molar refractivity (Wildman–Crippen MR) is 113 cm³/mol. The maximum Gasteiger partial charge on any atom is 0.410 e. The molecule has 7 nitrogen and oxygen atoms in total. The van der Waals surface area contributed by atoms with Crippen molar-refractivity contribution >= 4 is 29.0 Å². The number of rotatable bonds is 2. The largest absolute Gasteiger partial charge is 0.444 e. The van der Waals surface area contributed by atoms with E-state index in [1.807, 2.05) is 26.8 Å². The van der Waals surface area contributed by atoms with Crippen molar-refractivity contribution in [2.24, 2.45) is 0 Å². The molecule has 4 rings (SSSR count). The molecule has 158 valence electrons. The first-order valence-corrected chi connectivity index (χ1v) is 10.1. The van der Waals surface area contributed by atoms with E-state index in [1.54, 1.807) is 27.7 Å². The Morgan fingerprint density at radius 2 is 1.87 bits per heavy atom. The maximum atomic E-state index is 14.5. The molecule has 1 aliphatic rings. The maximum absolute atomic E-state index is 14.5. The molecule has 0 aliphatic carbocycles. The molecular formula is C21H23ClFN5O2. The van der Waals surface area contributed by atoms with Gasteiger partial charge in [0.05, 0.1) is 11.9 Å². The molecule has 0 bridgehead atoms. The van der Waals surface area contributed by atoms with Gasteiger partial charge in [0.2, 0.25) is 0 Å². The van der Waals surface area contributed by atoms with Crippen LogP contribution in [0.2, 0.25) is 5.15 Å². The summed E-state index contributed by atoms with van der Waals surface area (Å²) in [6.45, 7) is 7.71. The number of imidazole rings is 1. The molecule has 1 saturated heterocycles. The zero-order valence-corrected chi connectivity index (χ0v) is 17.9. The number of piperazine rings is 1. The highest BCUT2D eigenvalue weighted by Crippen LogP contribution is 2.28. The number of hydrogen-bond acceptors (Lipinski definition) is 5. The molecule has 3 heterocycles. The Hall–Kier alpha value is -2.87. The monoisotopic (exact) mass is 431 g/mol. The van der Waals surface area contributed by atoms with Gasteiger partial charge in [0.15, 0.2) is 5.65 Å². The Labute approximate surface area is 179 Å². The molecule has 9 heteroatoms. The molecule has 1 amide bonds. The van der Waals surface area contributed by atoms with Crippen molar-refractivity contribution < 1.29 is 13.9 Å². The highest BCUT2D eigenvalue weighted by Gasteiger charge is 2.26. The molecule has 0 saturated carbocycles. The number of hydrogen-bond donors (Lipinski definition) is 0. The van der Waals surface area contributed by atoms with Gasteiger partial charge in [-0.3, -0.25) is 0 Å². The highest BCUT2D eigenvalue weighted by atomic mass is 35.5. The SMILES string of the molecule is CC(C)(C)OC(=O)N1CCN(c2cc(F)cc(-c3cnc4ccc(Cl)nn34)c2)CC1. The van der Waals surface area contributed by atoms with Gasteiger partial charge in [0, 0.05) is 37.4 Å². The third-order valence-corrected chi connectivity index (χ3v) is 5.01. The minimum Gasteiger partial charge on any atom is -0.444 e. The van der Waals surface area contributed by atoms with E-state index >= 15 is 0 Å². The van der Waals surface area contributed by atoms with Crippen LogP contribution in [0.1, 0.15) is 20.8 Å². The summed E-state index contributed by atoms with van der Waals surface area (Å²) in [5, 5.41) is 4.60. The van der Waals surface area contributed by atoms with E-state index in [0.29, 0.717) is 48.2 Å². The van der Waals surface area contributed by atoms with Crippen LogP contribution in [-0.2, 0) is 4.74 Å². The second-order valence-electron chi connectivity index (χ2n) is 8.22. The first-order chi connectivity index (χ1) is 14.2. The topological polar surface area (TPSA) is 63.0 Å². The summed E-state index contributed by atoms with van der Waals surface area (Å²) in [6.07, 6.45) is 1.33. The van der Waals surface area contributed by atoms with Crippen molar-refractivity contribution in [1.82, 2.24) is 19.5 Å². The lowest BCUT2D eigenvalue weighted by Crippen LogP contribution is -2.50. The van der Waals surface area contributed by atoms with Crippen molar-refractivity contribution in [3.63, 3.8) is 0 Å². The Balaban J connectivity index is 1.55. The number of carbonyl (C=O) groups excluding carboxylic acids is 1. The van der Waals surface area contributed by atoms with Gasteiger partial charge in [-0.15, -0.1) is 0 Å². The number of nitrogens with zero attached hydrogens (tertiary/aromatic N) is 5. The first kappa shape index (κ1) is 20.4. The quantitative estimate of drug-likeness (QED) is 0.607. The highest BCUT2D eigenvalue weighted by molar-refractivity contribution is 6.29. The summed E-state index contributed by atoms with van der Waals surface area (Å²) in [6, 6.07) is 8.27. The zero-order chi connectivity index (χ0) is 21.5. The number of ether oxygens (including phenoxy) is 1. The van der Waals surface area contributed by atoms with Crippen LogP contribution >= 0.6 is 11.6 Å². The first-order valence-electron chi connectivity index (χ1n) is 9.74. The smallest absolute Gasteiger partial charge is 0.410 e. The third kappa shape index (κ3) is 4.33. The zero-order valence-electron chi connectivity index (χ0n) is 17.1. The molecule has 1 aromatic carbocycles. The Morgan fingerprint density at radius 3 is 2.57 bits per heavy atom. The van der Waals surface area contributed by atoms with Crippen molar-refractivity contribution in [2.75, 3.05) is 31.1 Å². The van der Waals surface area contributed by atoms with E-state index in [0.717, 1.165) is 5.69 Å². The number of aromatic nitrogens is 3. The van der Waals surface area contributed by atoms with E-state index in [-0.39, 0.29) is 11.9 Å². The van der Waals surface area contributed by atoms with Crippen LogP contribution in [0.15, 0.2) is 36.5 Å². The predicted octanol–water partition coefficient (Wildman–Crippen LogP) is 4.25. The molecular weight excluding hydrogens is 409 g/mol. The fraction of sp³-hybridized carbons (Fsp3) is 0.381. The molecule has 0 spiro atoms. The van der Waals surface area contributed by atoms with Gasteiger partial charge in [0.1, 0.15) is 16.6 Å². The minimum absolute atomic E-state index is 0.323. The van der Waals surface area contributed by atoms with Gasteiger partial charge in [-0.1, -0.05) is 11.6 Å². The molecule has 0 N–H and O–H groups in total. The summed E-state index contributed by atoms with van der Waals surface area (Å²) in [5.74, 6) is -0.353. The van der Waals surface area contributed by atoms with E-state index in [9.17, 15) is 9.18 Å². The third-order valence-electron chi connectivity index (χ3n) is 4.80. The van der Waals surface area contributed by atoms with Gasteiger partial charge in [0.25, 0.3) is 0 Å². The van der Waals surface area contributed by atoms with Gasteiger partial charge in [-0.2, -0.15) is 5.10 Å². The van der Waals surface area contributed by atoms with Crippen molar-refractivity contribution in [2.45, 2.75) is 26.4 Å². The molecule has 1 aliphatic heterocycles. The molecule has 1 fully saturated rings. The van der Waals surface area contributed by atoms with Crippen LogP contribution in [0.5, 0.6) is 0 Å². The molecule has 0 atom stereocenters. The Morgan fingerprint density at radius 1 is 1.13 bits per heavy atom. The standard InChI is InChI=1S/C21H23ClFN5O2/c1-21(2,3)30-20(29)27-8-6-26(7-9-27)16-11-14(10-15(23)12-16)17-13-24-19-5-4-18(22)25-28(17)19/h4-5,10-13H,6-9H2,1-3H3. The van der Waals surface area contributed by atoms with Gasteiger partial charge in [-0.05, 0) is 51.1 Å². The number of benzene rings is 1. The number of amides is 1. The number of halogens is 2. The van der Waals surface area contributed by atoms with Gasteiger partial charge < -0.3 is 14.5 Å². The van der Waals surface area contributed by atoms with Crippen LogP contribution in [-0.4, -0.2) is 57.4 Å². The lowest BCUT2D eigenvalue weighted by Gasteiger charge is -2.36.